The van der Waals surface area contributed by atoms with Crippen molar-refractivity contribution in [2.75, 3.05) is 12.4 Å². The first-order chi connectivity index (χ1) is 7.70. The van der Waals surface area contributed by atoms with Crippen LogP contribution >= 0.6 is 0 Å². The molecule has 2 rings (SSSR count). The molecule has 1 unspecified atom stereocenters. The molecule has 0 fully saturated rings. The van der Waals surface area contributed by atoms with E-state index in [1.165, 1.54) is 0 Å². The van der Waals surface area contributed by atoms with Gasteiger partial charge in [-0.3, -0.25) is 4.79 Å². The summed E-state index contributed by atoms with van der Waals surface area (Å²) in [6.45, 7) is 1.82. The molecule has 0 aliphatic carbocycles. The second kappa shape index (κ2) is 4.37. The molecule has 0 spiro atoms. The SMILES string of the molecule is CNC(C)C(=O)Nc1ccc2[nH]ccc2c1. The molecule has 4 heteroatoms. The molecule has 0 saturated heterocycles. The lowest BCUT2D eigenvalue weighted by atomic mass is 10.2. The van der Waals surface area contributed by atoms with Crippen molar-refractivity contribution >= 4 is 22.5 Å². The van der Waals surface area contributed by atoms with Crippen LogP contribution in [0.1, 0.15) is 6.92 Å². The molecule has 3 N–H and O–H groups in total. The number of anilines is 1. The number of carbonyl (C=O) groups is 1. The van der Waals surface area contributed by atoms with Crippen molar-refractivity contribution in [3.63, 3.8) is 0 Å². The van der Waals surface area contributed by atoms with Gasteiger partial charge in [0.25, 0.3) is 0 Å². The number of carbonyl (C=O) groups excluding carboxylic acids is 1. The zero-order chi connectivity index (χ0) is 11.5. The second-order valence-corrected chi connectivity index (χ2v) is 3.78. The van der Waals surface area contributed by atoms with Crippen LogP contribution in [0, 0.1) is 0 Å². The minimum atomic E-state index is -0.193. The van der Waals surface area contributed by atoms with Crippen LogP contribution in [-0.4, -0.2) is 24.0 Å². The molecule has 84 valence electrons. The molecule has 16 heavy (non-hydrogen) atoms. The van der Waals surface area contributed by atoms with Crippen molar-refractivity contribution < 1.29 is 4.79 Å². The number of nitrogens with one attached hydrogen (secondary N) is 3. The number of hydrogen-bond acceptors (Lipinski definition) is 2. The fourth-order valence-corrected chi connectivity index (χ4v) is 1.51. The average Bonchev–Trinajstić information content (AvgIpc) is 2.75. The van der Waals surface area contributed by atoms with Crippen molar-refractivity contribution in [2.24, 2.45) is 0 Å². The Morgan fingerprint density at radius 3 is 2.94 bits per heavy atom. The Bertz CT molecular complexity index is 504. The molecule has 1 aromatic heterocycles. The molecule has 1 atom stereocenters. The number of rotatable bonds is 3. The maximum atomic E-state index is 11.6. The highest BCUT2D eigenvalue weighted by molar-refractivity contribution is 5.96. The third kappa shape index (κ3) is 2.06. The Kier molecular flexibility index (Phi) is 2.92. The minimum Gasteiger partial charge on any atom is -0.361 e. The molecular weight excluding hydrogens is 202 g/mol. The van der Waals surface area contributed by atoms with Crippen LogP contribution in [0.15, 0.2) is 30.5 Å². The molecule has 0 aliphatic rings. The van der Waals surface area contributed by atoms with E-state index in [-0.39, 0.29) is 11.9 Å². The van der Waals surface area contributed by atoms with Crippen molar-refractivity contribution in [1.29, 1.82) is 0 Å². The molecule has 1 aromatic carbocycles. The number of benzene rings is 1. The zero-order valence-electron chi connectivity index (χ0n) is 9.37. The number of hydrogen-bond donors (Lipinski definition) is 3. The molecule has 0 bridgehead atoms. The molecule has 1 amide bonds. The summed E-state index contributed by atoms with van der Waals surface area (Å²) in [5, 5.41) is 6.85. The first-order valence-electron chi connectivity index (χ1n) is 5.26. The first-order valence-corrected chi connectivity index (χ1v) is 5.26. The van der Waals surface area contributed by atoms with Crippen LogP contribution in [0.5, 0.6) is 0 Å². The monoisotopic (exact) mass is 217 g/mol. The van der Waals surface area contributed by atoms with Gasteiger partial charge in [0.1, 0.15) is 0 Å². The van der Waals surface area contributed by atoms with E-state index in [1.807, 2.05) is 37.4 Å². The number of H-pyrrole nitrogens is 1. The quantitative estimate of drug-likeness (QED) is 0.733. The van der Waals surface area contributed by atoms with E-state index in [1.54, 1.807) is 7.05 Å². The lowest BCUT2D eigenvalue weighted by Gasteiger charge is -2.10. The summed E-state index contributed by atoms with van der Waals surface area (Å²) in [5.41, 5.74) is 1.89. The highest BCUT2D eigenvalue weighted by atomic mass is 16.2. The van der Waals surface area contributed by atoms with Gasteiger partial charge in [-0.05, 0) is 38.2 Å². The molecule has 1 heterocycles. The molecule has 2 aromatic rings. The van der Waals surface area contributed by atoms with Crippen LogP contribution in [0.25, 0.3) is 10.9 Å². The molecule has 0 aliphatic heterocycles. The summed E-state index contributed by atoms with van der Waals surface area (Å²) in [4.78, 5) is 14.7. The van der Waals surface area contributed by atoms with Crippen molar-refractivity contribution in [2.45, 2.75) is 13.0 Å². The number of amides is 1. The van der Waals surface area contributed by atoms with Gasteiger partial charge in [-0.1, -0.05) is 0 Å². The highest BCUT2D eigenvalue weighted by Gasteiger charge is 2.10. The van der Waals surface area contributed by atoms with Gasteiger partial charge in [0.15, 0.2) is 0 Å². The molecule has 4 nitrogen and oxygen atoms in total. The van der Waals surface area contributed by atoms with Crippen molar-refractivity contribution in [3.05, 3.63) is 30.5 Å². The van der Waals surface area contributed by atoms with E-state index in [9.17, 15) is 4.79 Å². The standard InChI is InChI=1S/C12H15N3O/c1-8(13-2)12(16)15-10-3-4-11-9(7-10)5-6-14-11/h3-8,13-14H,1-2H3,(H,15,16). The van der Waals surface area contributed by atoms with Gasteiger partial charge in [-0.15, -0.1) is 0 Å². The van der Waals surface area contributed by atoms with Crippen LogP contribution < -0.4 is 10.6 Å². The van der Waals surface area contributed by atoms with E-state index >= 15 is 0 Å². The van der Waals surface area contributed by atoms with Gasteiger partial charge in [0, 0.05) is 22.8 Å². The van der Waals surface area contributed by atoms with Crippen LogP contribution in [0.4, 0.5) is 5.69 Å². The first kappa shape index (κ1) is 10.7. The lowest BCUT2D eigenvalue weighted by molar-refractivity contribution is -0.117. The van der Waals surface area contributed by atoms with Gasteiger partial charge in [0.2, 0.25) is 5.91 Å². The second-order valence-electron chi connectivity index (χ2n) is 3.78. The normalized spacial score (nSPS) is 12.6. The summed E-state index contributed by atoms with van der Waals surface area (Å²) >= 11 is 0. The fraction of sp³-hybridized carbons (Fsp3) is 0.250. The average molecular weight is 217 g/mol. The predicted octanol–water partition coefficient (Wildman–Crippen LogP) is 1.71. The Morgan fingerprint density at radius 2 is 2.19 bits per heavy atom. The van der Waals surface area contributed by atoms with Crippen LogP contribution in [0.2, 0.25) is 0 Å². The summed E-state index contributed by atoms with van der Waals surface area (Å²) in [6.07, 6.45) is 1.88. The van der Waals surface area contributed by atoms with E-state index in [0.29, 0.717) is 0 Å². The lowest BCUT2D eigenvalue weighted by Crippen LogP contribution is -2.35. The topological polar surface area (TPSA) is 56.9 Å². The number of aromatic nitrogens is 1. The maximum absolute atomic E-state index is 11.6. The van der Waals surface area contributed by atoms with Crippen molar-refractivity contribution in [1.82, 2.24) is 10.3 Å². The fourth-order valence-electron chi connectivity index (χ4n) is 1.51. The zero-order valence-corrected chi connectivity index (χ0v) is 9.37. The van der Waals surface area contributed by atoms with Gasteiger partial charge in [-0.2, -0.15) is 0 Å². The third-order valence-electron chi connectivity index (χ3n) is 2.65. The van der Waals surface area contributed by atoms with E-state index in [4.69, 9.17) is 0 Å². The van der Waals surface area contributed by atoms with Gasteiger partial charge >= 0.3 is 0 Å². The Balaban J connectivity index is 2.17. The summed E-state index contributed by atoms with van der Waals surface area (Å²) in [5.74, 6) is -0.0302. The van der Waals surface area contributed by atoms with Gasteiger partial charge in [-0.25, -0.2) is 0 Å². The van der Waals surface area contributed by atoms with E-state index < -0.39 is 0 Å². The molecule has 0 radical (unpaired) electrons. The molecule has 0 saturated carbocycles. The highest BCUT2D eigenvalue weighted by Crippen LogP contribution is 2.17. The number of likely N-dealkylation sites (N-methyl/N-ethyl adjacent to an activating group) is 1. The summed E-state index contributed by atoms with van der Waals surface area (Å²) in [7, 11) is 1.76. The number of aromatic amines is 1. The van der Waals surface area contributed by atoms with E-state index in [0.717, 1.165) is 16.6 Å². The van der Waals surface area contributed by atoms with E-state index in [2.05, 4.69) is 15.6 Å². The smallest absolute Gasteiger partial charge is 0.241 e. The van der Waals surface area contributed by atoms with Crippen LogP contribution in [0.3, 0.4) is 0 Å². The maximum Gasteiger partial charge on any atom is 0.241 e. The minimum absolute atomic E-state index is 0.0302. The Labute approximate surface area is 94.0 Å². The Morgan fingerprint density at radius 1 is 1.38 bits per heavy atom. The Hall–Kier alpha value is -1.81. The van der Waals surface area contributed by atoms with Gasteiger partial charge < -0.3 is 15.6 Å². The third-order valence-corrected chi connectivity index (χ3v) is 2.65. The summed E-state index contributed by atoms with van der Waals surface area (Å²) < 4.78 is 0. The largest absolute Gasteiger partial charge is 0.361 e. The summed E-state index contributed by atoms with van der Waals surface area (Å²) in [6, 6.07) is 7.58. The number of fused-ring (bicyclic) bond motifs is 1. The molecular formula is C12H15N3O. The van der Waals surface area contributed by atoms with Crippen LogP contribution in [-0.2, 0) is 4.79 Å². The van der Waals surface area contributed by atoms with Gasteiger partial charge in [0.05, 0.1) is 6.04 Å². The predicted molar refractivity (Wildman–Crippen MR) is 65.5 cm³/mol. The van der Waals surface area contributed by atoms with Crippen molar-refractivity contribution in [3.8, 4) is 0 Å².